The third kappa shape index (κ3) is 8.27. The largest absolute Gasteiger partial charge is 0.490 e. The van der Waals surface area contributed by atoms with Crippen LogP contribution < -0.4 is 5.32 Å². The molecule has 11 heteroatoms. The Morgan fingerprint density at radius 2 is 1.83 bits per heavy atom. The van der Waals surface area contributed by atoms with Crippen molar-refractivity contribution in [2.24, 2.45) is 0 Å². The number of amides is 1. The van der Waals surface area contributed by atoms with Crippen molar-refractivity contribution in [2.45, 2.75) is 44.6 Å². The van der Waals surface area contributed by atoms with E-state index in [-0.39, 0.29) is 12.6 Å². The molecule has 2 N–H and O–H groups in total. The predicted octanol–water partition coefficient (Wildman–Crippen LogP) is 2.57. The summed E-state index contributed by atoms with van der Waals surface area (Å²) in [6.07, 6.45) is -4.10. The Hall–Kier alpha value is -2.82. The van der Waals surface area contributed by atoms with Crippen molar-refractivity contribution in [3.63, 3.8) is 0 Å². The molecule has 0 aliphatic carbocycles. The third-order valence-electron chi connectivity index (χ3n) is 4.26. The van der Waals surface area contributed by atoms with Crippen molar-refractivity contribution in [1.82, 2.24) is 10.2 Å². The zero-order chi connectivity index (χ0) is 22.7. The highest BCUT2D eigenvalue weighted by molar-refractivity contribution is 5.81. The van der Waals surface area contributed by atoms with E-state index in [0.29, 0.717) is 13.0 Å². The molecule has 8 nitrogen and oxygen atoms in total. The molecule has 0 saturated carbocycles. The number of hydrogen-bond acceptors (Lipinski definition) is 6. The van der Waals surface area contributed by atoms with Crippen molar-refractivity contribution < 1.29 is 42.1 Å². The molecule has 1 aromatic rings. The van der Waals surface area contributed by atoms with Crippen LogP contribution in [-0.4, -0.2) is 66.5 Å². The van der Waals surface area contributed by atoms with E-state index in [4.69, 9.17) is 19.4 Å². The summed E-state index contributed by atoms with van der Waals surface area (Å²) in [5, 5.41) is 10.4. The fourth-order valence-corrected chi connectivity index (χ4v) is 2.52. The lowest BCUT2D eigenvalue weighted by Crippen LogP contribution is -2.55. The molecule has 0 radical (unpaired) electrons. The van der Waals surface area contributed by atoms with Crippen LogP contribution in [0, 0.1) is 0 Å². The van der Waals surface area contributed by atoms with Gasteiger partial charge in [-0.25, -0.2) is 14.4 Å². The van der Waals surface area contributed by atoms with Crippen LogP contribution in [0.5, 0.6) is 0 Å². The van der Waals surface area contributed by atoms with Gasteiger partial charge in [0.05, 0.1) is 7.11 Å². The Morgan fingerprint density at radius 1 is 1.27 bits per heavy atom. The van der Waals surface area contributed by atoms with Crippen LogP contribution in [0.4, 0.5) is 18.0 Å². The van der Waals surface area contributed by atoms with Gasteiger partial charge < -0.3 is 19.9 Å². The SMILES string of the molecule is CCC(C(=O)OC)N(CC1CCN1)C(=O)OCc1ccccc1.O=C(O)C(F)(F)F. The van der Waals surface area contributed by atoms with Crippen LogP contribution in [0.25, 0.3) is 0 Å². The highest BCUT2D eigenvalue weighted by atomic mass is 19.4. The number of benzene rings is 1. The van der Waals surface area contributed by atoms with Crippen LogP contribution in [-0.2, 0) is 25.7 Å². The minimum atomic E-state index is -5.08. The second kappa shape index (κ2) is 12.0. The van der Waals surface area contributed by atoms with Gasteiger partial charge in [0.15, 0.2) is 0 Å². The number of carbonyl (C=O) groups excluding carboxylic acids is 2. The first kappa shape index (κ1) is 25.2. The van der Waals surface area contributed by atoms with Gasteiger partial charge in [0, 0.05) is 12.6 Å². The van der Waals surface area contributed by atoms with E-state index in [2.05, 4.69) is 5.32 Å². The summed E-state index contributed by atoms with van der Waals surface area (Å²) in [4.78, 5) is 34.8. The van der Waals surface area contributed by atoms with Gasteiger partial charge in [-0.05, 0) is 24.9 Å². The highest BCUT2D eigenvalue weighted by Gasteiger charge is 2.38. The number of hydrogen-bond donors (Lipinski definition) is 2. The normalized spacial score (nSPS) is 16.2. The number of methoxy groups -OCH3 is 1. The molecule has 1 amide bonds. The molecule has 1 aromatic carbocycles. The second-order valence-corrected chi connectivity index (χ2v) is 6.38. The smallest absolute Gasteiger partial charge is 0.475 e. The third-order valence-corrected chi connectivity index (χ3v) is 4.26. The zero-order valence-electron chi connectivity index (χ0n) is 16.6. The van der Waals surface area contributed by atoms with Crippen LogP contribution in [0.2, 0.25) is 0 Å². The molecule has 1 fully saturated rings. The summed E-state index contributed by atoms with van der Waals surface area (Å²) in [5.41, 5.74) is 0.911. The fourth-order valence-electron chi connectivity index (χ4n) is 2.52. The molecular formula is C19H25F3N2O6. The monoisotopic (exact) mass is 434 g/mol. The van der Waals surface area contributed by atoms with E-state index in [1.807, 2.05) is 37.3 Å². The molecule has 168 valence electrons. The molecule has 1 aliphatic heterocycles. The number of alkyl halides is 3. The van der Waals surface area contributed by atoms with Crippen LogP contribution in [0.15, 0.2) is 30.3 Å². The average molecular weight is 434 g/mol. The number of carboxylic acid groups (broad SMARTS) is 1. The van der Waals surface area contributed by atoms with E-state index in [0.717, 1.165) is 18.5 Å². The zero-order valence-corrected chi connectivity index (χ0v) is 16.6. The molecule has 1 heterocycles. The maximum absolute atomic E-state index is 12.5. The molecule has 0 spiro atoms. The molecular weight excluding hydrogens is 409 g/mol. The van der Waals surface area contributed by atoms with Crippen molar-refractivity contribution in [1.29, 1.82) is 0 Å². The van der Waals surface area contributed by atoms with Gasteiger partial charge in [0.2, 0.25) is 0 Å². The Balaban J connectivity index is 0.000000553. The predicted molar refractivity (Wildman–Crippen MR) is 99.5 cm³/mol. The van der Waals surface area contributed by atoms with Crippen LogP contribution >= 0.6 is 0 Å². The van der Waals surface area contributed by atoms with Gasteiger partial charge in [0.1, 0.15) is 12.6 Å². The van der Waals surface area contributed by atoms with Gasteiger partial charge in [-0.1, -0.05) is 37.3 Å². The molecule has 0 aromatic heterocycles. The Labute approximate surface area is 171 Å². The van der Waals surface area contributed by atoms with Crippen molar-refractivity contribution in [3.05, 3.63) is 35.9 Å². The van der Waals surface area contributed by atoms with Crippen LogP contribution in [0.3, 0.4) is 0 Å². The lowest BCUT2D eigenvalue weighted by atomic mass is 10.1. The maximum Gasteiger partial charge on any atom is 0.490 e. The Bertz CT molecular complexity index is 695. The molecule has 2 unspecified atom stereocenters. The molecule has 2 atom stereocenters. The molecule has 0 bridgehead atoms. The number of rotatable bonds is 7. The summed E-state index contributed by atoms with van der Waals surface area (Å²) in [6, 6.07) is 9.06. The van der Waals surface area contributed by atoms with Crippen molar-refractivity contribution in [2.75, 3.05) is 20.2 Å². The number of esters is 1. The maximum atomic E-state index is 12.5. The van der Waals surface area contributed by atoms with E-state index in [1.54, 1.807) is 0 Å². The topological polar surface area (TPSA) is 105 Å². The molecule has 1 aliphatic rings. The van der Waals surface area contributed by atoms with E-state index in [9.17, 15) is 22.8 Å². The summed E-state index contributed by atoms with van der Waals surface area (Å²) in [5.74, 6) is -3.17. The number of halogens is 3. The highest BCUT2D eigenvalue weighted by Crippen LogP contribution is 2.15. The fraction of sp³-hybridized carbons (Fsp3) is 0.526. The average Bonchev–Trinajstić information content (AvgIpc) is 2.68. The molecule has 30 heavy (non-hydrogen) atoms. The standard InChI is InChI=1S/C17H24N2O4.C2HF3O2/c1-3-15(16(20)22-2)19(11-14-9-10-18-14)17(21)23-12-13-7-5-4-6-8-13;3-2(4,5)1(6)7/h4-8,14-15,18H,3,9-12H2,1-2H3;(H,6,7). The first-order chi connectivity index (χ1) is 14.1. The first-order valence-electron chi connectivity index (χ1n) is 9.18. The minimum absolute atomic E-state index is 0.186. The summed E-state index contributed by atoms with van der Waals surface area (Å²) >= 11 is 0. The van der Waals surface area contributed by atoms with E-state index < -0.39 is 30.2 Å². The molecule has 1 saturated heterocycles. The van der Waals surface area contributed by atoms with Gasteiger partial charge in [0.25, 0.3) is 0 Å². The summed E-state index contributed by atoms with van der Waals surface area (Å²) in [7, 11) is 1.33. The lowest BCUT2D eigenvalue weighted by Gasteiger charge is -2.36. The van der Waals surface area contributed by atoms with Gasteiger partial charge in [-0.15, -0.1) is 0 Å². The van der Waals surface area contributed by atoms with Crippen molar-refractivity contribution in [3.8, 4) is 0 Å². The van der Waals surface area contributed by atoms with Gasteiger partial charge >= 0.3 is 24.2 Å². The van der Waals surface area contributed by atoms with Crippen LogP contribution in [0.1, 0.15) is 25.3 Å². The summed E-state index contributed by atoms with van der Waals surface area (Å²) in [6.45, 7) is 3.42. The second-order valence-electron chi connectivity index (χ2n) is 6.38. The number of carbonyl (C=O) groups is 3. The van der Waals surface area contributed by atoms with E-state index in [1.165, 1.54) is 12.0 Å². The number of ether oxygens (including phenoxy) is 2. The van der Waals surface area contributed by atoms with Gasteiger partial charge in [-0.2, -0.15) is 13.2 Å². The number of carboxylic acids is 1. The summed E-state index contributed by atoms with van der Waals surface area (Å²) < 4.78 is 41.9. The quantitative estimate of drug-likeness (QED) is 0.636. The van der Waals surface area contributed by atoms with Gasteiger partial charge in [-0.3, -0.25) is 4.90 Å². The Morgan fingerprint density at radius 3 is 2.23 bits per heavy atom. The Kier molecular flexibility index (Phi) is 10.1. The number of nitrogens with one attached hydrogen (secondary N) is 1. The number of nitrogens with zero attached hydrogens (tertiary/aromatic N) is 1. The lowest BCUT2D eigenvalue weighted by molar-refractivity contribution is -0.192. The molecule has 2 rings (SSSR count). The first-order valence-corrected chi connectivity index (χ1v) is 9.18. The number of aliphatic carboxylic acids is 1. The van der Waals surface area contributed by atoms with E-state index >= 15 is 0 Å². The van der Waals surface area contributed by atoms with Crippen molar-refractivity contribution >= 4 is 18.0 Å². The minimum Gasteiger partial charge on any atom is -0.475 e.